The molecule has 0 aliphatic heterocycles. The Kier molecular flexibility index (Phi) is 9.00. The second-order valence-corrected chi connectivity index (χ2v) is 28.3. The molecule has 0 radical (unpaired) electrons. The SMILES string of the molecule is CCCC[Se][Si](Cl)([Se]CCCC)c1ccccc1. The second-order valence-electron chi connectivity index (χ2n) is 4.31. The van der Waals surface area contributed by atoms with Crippen molar-refractivity contribution in [2.75, 3.05) is 0 Å². The van der Waals surface area contributed by atoms with Crippen LogP contribution in [0.2, 0.25) is 10.6 Å². The van der Waals surface area contributed by atoms with E-state index in [-0.39, 0.29) is 0 Å². The summed E-state index contributed by atoms with van der Waals surface area (Å²) in [5.41, 5.74) is 0. The van der Waals surface area contributed by atoms with Gasteiger partial charge in [-0.15, -0.1) is 0 Å². The molecule has 18 heavy (non-hydrogen) atoms. The second kappa shape index (κ2) is 9.64. The molecule has 0 fully saturated rings. The monoisotopic (exact) mass is 414 g/mol. The Labute approximate surface area is 129 Å². The van der Waals surface area contributed by atoms with Crippen molar-refractivity contribution in [1.29, 1.82) is 0 Å². The van der Waals surface area contributed by atoms with Gasteiger partial charge in [-0.25, -0.2) is 0 Å². The molecule has 0 spiro atoms. The molecule has 0 aliphatic rings. The summed E-state index contributed by atoms with van der Waals surface area (Å²) in [6.45, 7) is 4.55. The van der Waals surface area contributed by atoms with Gasteiger partial charge in [-0.05, 0) is 0 Å². The molecular weight excluding hydrogens is 390 g/mol. The minimum absolute atomic E-state index is 0.666. The maximum absolute atomic E-state index is 7.13. The van der Waals surface area contributed by atoms with Gasteiger partial charge in [0.2, 0.25) is 0 Å². The van der Waals surface area contributed by atoms with Crippen molar-refractivity contribution in [3.63, 3.8) is 0 Å². The summed E-state index contributed by atoms with van der Waals surface area (Å²) in [7, 11) is 0. The quantitative estimate of drug-likeness (QED) is 0.328. The molecule has 0 bridgehead atoms. The summed E-state index contributed by atoms with van der Waals surface area (Å²) in [4.78, 5) is 0. The predicted molar refractivity (Wildman–Crippen MR) is 88.6 cm³/mol. The van der Waals surface area contributed by atoms with Crippen molar-refractivity contribution in [3.05, 3.63) is 30.3 Å². The molecule has 0 atom stereocenters. The van der Waals surface area contributed by atoms with E-state index in [1.165, 1.54) is 41.5 Å². The first kappa shape index (κ1) is 16.8. The average Bonchev–Trinajstić information content (AvgIpc) is 2.40. The van der Waals surface area contributed by atoms with E-state index in [1.54, 1.807) is 0 Å². The first-order valence-corrected chi connectivity index (χ1v) is 17.1. The molecule has 0 amide bonds. The van der Waals surface area contributed by atoms with Crippen LogP contribution in [0.5, 0.6) is 0 Å². The predicted octanol–water partition coefficient (Wildman–Crippen LogP) is 3.92. The summed E-state index contributed by atoms with van der Waals surface area (Å²) in [5.74, 6) is 0. The molecule has 0 aromatic heterocycles. The first-order chi connectivity index (χ1) is 8.73. The van der Waals surface area contributed by atoms with Crippen molar-refractivity contribution in [3.8, 4) is 0 Å². The van der Waals surface area contributed by atoms with E-state index < -0.39 is 4.60 Å². The fourth-order valence-electron chi connectivity index (χ4n) is 1.54. The van der Waals surface area contributed by atoms with Crippen LogP contribution < -0.4 is 5.19 Å². The molecule has 0 nitrogen and oxygen atoms in total. The van der Waals surface area contributed by atoms with Gasteiger partial charge in [0.15, 0.2) is 0 Å². The van der Waals surface area contributed by atoms with Crippen molar-refractivity contribution >= 4 is 49.5 Å². The first-order valence-electron chi connectivity index (χ1n) is 6.75. The third-order valence-electron chi connectivity index (χ3n) is 2.69. The molecule has 0 saturated heterocycles. The summed E-state index contributed by atoms with van der Waals surface area (Å²) in [5, 5.41) is 4.25. The molecular formula is C14H23ClSe2Si. The topological polar surface area (TPSA) is 0 Å². The van der Waals surface area contributed by atoms with Gasteiger partial charge in [0.05, 0.1) is 0 Å². The van der Waals surface area contributed by atoms with Crippen molar-refractivity contribution in [2.45, 2.75) is 50.2 Å². The van der Waals surface area contributed by atoms with E-state index >= 15 is 0 Å². The molecule has 0 unspecified atom stereocenters. The number of rotatable bonds is 9. The number of hydrogen-bond acceptors (Lipinski definition) is 0. The zero-order valence-electron chi connectivity index (χ0n) is 11.3. The molecule has 1 rings (SSSR count). The Hall–Kier alpha value is 0.766. The van der Waals surface area contributed by atoms with Crippen LogP contribution in [0.1, 0.15) is 39.5 Å². The van der Waals surface area contributed by atoms with Crippen LogP contribution in [0.15, 0.2) is 30.3 Å². The zero-order valence-corrected chi connectivity index (χ0v) is 16.5. The molecule has 102 valence electrons. The van der Waals surface area contributed by atoms with Crippen LogP contribution in [0.3, 0.4) is 0 Å². The van der Waals surface area contributed by atoms with E-state index in [0.29, 0.717) is 28.6 Å². The summed E-state index contributed by atoms with van der Waals surface area (Å²) < 4.78 is -1.60. The summed E-state index contributed by atoms with van der Waals surface area (Å²) in [6.07, 6.45) is 5.33. The van der Waals surface area contributed by atoms with Crippen LogP contribution in [0.25, 0.3) is 0 Å². The van der Waals surface area contributed by atoms with Crippen LogP contribution in [0, 0.1) is 0 Å². The maximum atomic E-state index is 7.13. The minimum atomic E-state index is -1.60. The Morgan fingerprint density at radius 1 is 0.944 bits per heavy atom. The summed E-state index contributed by atoms with van der Waals surface area (Å²) in [6, 6.07) is 11.0. The van der Waals surface area contributed by atoms with E-state index in [2.05, 4.69) is 44.2 Å². The van der Waals surface area contributed by atoms with Gasteiger partial charge in [-0.2, -0.15) is 0 Å². The van der Waals surface area contributed by atoms with Gasteiger partial charge in [0, 0.05) is 0 Å². The van der Waals surface area contributed by atoms with Crippen LogP contribution in [0.4, 0.5) is 0 Å². The third-order valence-corrected chi connectivity index (χ3v) is 28.1. The fourth-order valence-corrected chi connectivity index (χ4v) is 25.0. The molecule has 0 saturated carbocycles. The molecule has 1 aromatic carbocycles. The van der Waals surface area contributed by atoms with Gasteiger partial charge in [0.1, 0.15) is 0 Å². The normalized spacial score (nSPS) is 11.7. The van der Waals surface area contributed by atoms with E-state index in [4.69, 9.17) is 11.1 Å². The molecule has 1 aromatic rings. The average molecular weight is 413 g/mol. The van der Waals surface area contributed by atoms with Crippen molar-refractivity contribution in [2.24, 2.45) is 0 Å². The standard InChI is InChI=1S/C14H23ClSe2Si/c1-3-5-12-16-18(15,17-13-6-4-2)14-10-8-7-9-11-14/h7-11H,3-6,12-13H2,1-2H3. The summed E-state index contributed by atoms with van der Waals surface area (Å²) >= 11 is 8.46. The van der Waals surface area contributed by atoms with Crippen molar-refractivity contribution in [1.82, 2.24) is 0 Å². The number of hydrogen-bond donors (Lipinski definition) is 0. The molecule has 0 aliphatic carbocycles. The molecule has 0 N–H and O–H groups in total. The van der Waals surface area contributed by atoms with Gasteiger partial charge < -0.3 is 0 Å². The Balaban J connectivity index is 2.67. The number of unbranched alkanes of at least 4 members (excludes halogenated alkanes) is 2. The fraction of sp³-hybridized carbons (Fsp3) is 0.571. The van der Waals surface area contributed by atoms with Gasteiger partial charge in [0.25, 0.3) is 0 Å². The van der Waals surface area contributed by atoms with Crippen molar-refractivity contribution < 1.29 is 0 Å². The Morgan fingerprint density at radius 2 is 1.44 bits per heavy atom. The number of halogens is 1. The van der Waals surface area contributed by atoms with E-state index in [0.717, 1.165) is 0 Å². The third kappa shape index (κ3) is 5.82. The Bertz CT molecular complexity index is 309. The van der Waals surface area contributed by atoms with Crippen LogP contribution in [-0.4, -0.2) is 33.2 Å². The number of benzene rings is 1. The van der Waals surface area contributed by atoms with Gasteiger partial charge >= 0.3 is 130 Å². The molecule has 0 heterocycles. The van der Waals surface area contributed by atoms with E-state index in [1.807, 2.05) is 0 Å². The molecule has 4 heteroatoms. The van der Waals surface area contributed by atoms with Crippen LogP contribution in [-0.2, 0) is 0 Å². The Morgan fingerprint density at radius 3 is 1.89 bits per heavy atom. The zero-order chi connectivity index (χ0) is 13.3. The van der Waals surface area contributed by atoms with E-state index in [9.17, 15) is 0 Å². The van der Waals surface area contributed by atoms with Crippen LogP contribution >= 0.6 is 11.1 Å². The van der Waals surface area contributed by atoms with Gasteiger partial charge in [-0.3, -0.25) is 0 Å². The van der Waals surface area contributed by atoms with Gasteiger partial charge in [-0.1, -0.05) is 0 Å².